The summed E-state index contributed by atoms with van der Waals surface area (Å²) in [6, 6.07) is 1.33. The van der Waals surface area contributed by atoms with Gasteiger partial charge in [0.2, 0.25) is 5.91 Å². The second kappa shape index (κ2) is 6.02. The number of carbonyl (C=O) groups is 1. The van der Waals surface area contributed by atoms with Crippen LogP contribution in [0.5, 0.6) is 0 Å². The van der Waals surface area contributed by atoms with E-state index >= 15 is 0 Å². The first kappa shape index (κ1) is 14.3. The highest BCUT2D eigenvalue weighted by Gasteiger charge is 2.42. The molecule has 3 unspecified atom stereocenters. The summed E-state index contributed by atoms with van der Waals surface area (Å²) in [5.41, 5.74) is 6.01. The summed E-state index contributed by atoms with van der Waals surface area (Å²) in [6.45, 7) is 5.24. The Morgan fingerprint density at radius 1 is 1.25 bits per heavy atom. The van der Waals surface area contributed by atoms with Crippen molar-refractivity contribution in [3.8, 4) is 0 Å². The van der Waals surface area contributed by atoms with Gasteiger partial charge in [-0.1, -0.05) is 13.3 Å². The van der Waals surface area contributed by atoms with Crippen molar-refractivity contribution in [3.63, 3.8) is 0 Å². The van der Waals surface area contributed by atoms with Gasteiger partial charge < -0.3 is 10.6 Å². The van der Waals surface area contributed by atoms with Gasteiger partial charge in [-0.2, -0.15) is 0 Å². The Kier molecular flexibility index (Phi) is 4.32. The van der Waals surface area contributed by atoms with Crippen LogP contribution in [0.4, 0.5) is 0 Å². The molecule has 0 bridgehead atoms. The maximum Gasteiger partial charge on any atom is 0.239 e. The molecule has 2 aliphatic heterocycles. The van der Waals surface area contributed by atoms with Crippen LogP contribution in [0, 0.1) is 5.92 Å². The number of hydrogen-bond acceptors (Lipinski definition) is 3. The van der Waals surface area contributed by atoms with E-state index in [9.17, 15) is 4.79 Å². The average molecular weight is 279 g/mol. The Balaban J connectivity index is 1.59. The molecule has 4 heteroatoms. The predicted molar refractivity (Wildman–Crippen MR) is 80.3 cm³/mol. The van der Waals surface area contributed by atoms with Crippen LogP contribution in [0.2, 0.25) is 0 Å². The highest BCUT2D eigenvalue weighted by atomic mass is 16.2. The molecule has 3 aliphatic rings. The number of piperidine rings is 2. The third-order valence-electron chi connectivity index (χ3n) is 5.36. The standard InChI is InChI=1S/C16H29N3O/c1-2-4-14(17)16(20)18-10-8-15-12(11-18)5-3-9-19(15)13-6-7-13/h12-15H,2-11,17H2,1H3. The van der Waals surface area contributed by atoms with Gasteiger partial charge in [0.25, 0.3) is 0 Å². The molecule has 1 aliphatic carbocycles. The number of nitrogens with zero attached hydrogens (tertiary/aromatic N) is 2. The van der Waals surface area contributed by atoms with Crippen LogP contribution in [0.3, 0.4) is 0 Å². The minimum absolute atomic E-state index is 0.189. The van der Waals surface area contributed by atoms with Crippen molar-refractivity contribution in [1.82, 2.24) is 9.80 Å². The highest BCUT2D eigenvalue weighted by molar-refractivity contribution is 5.81. The van der Waals surface area contributed by atoms with E-state index < -0.39 is 0 Å². The SMILES string of the molecule is CCCC(N)C(=O)N1CCC2C(CCCN2C2CC2)C1. The fourth-order valence-corrected chi connectivity index (χ4v) is 4.17. The van der Waals surface area contributed by atoms with Crippen LogP contribution in [0.1, 0.15) is 51.9 Å². The van der Waals surface area contributed by atoms with E-state index in [2.05, 4.69) is 16.7 Å². The molecule has 4 nitrogen and oxygen atoms in total. The molecule has 2 N–H and O–H groups in total. The van der Waals surface area contributed by atoms with Crippen molar-refractivity contribution in [2.45, 2.75) is 70.0 Å². The molecule has 0 aromatic heterocycles. The Hall–Kier alpha value is -0.610. The van der Waals surface area contributed by atoms with Crippen molar-refractivity contribution < 1.29 is 4.79 Å². The molecule has 0 aromatic carbocycles. The second-order valence-electron chi connectivity index (χ2n) is 6.91. The Morgan fingerprint density at radius 2 is 2.05 bits per heavy atom. The molecular weight excluding hydrogens is 250 g/mol. The van der Waals surface area contributed by atoms with Gasteiger partial charge in [-0.3, -0.25) is 9.69 Å². The van der Waals surface area contributed by atoms with Crippen molar-refractivity contribution >= 4 is 5.91 Å². The molecular formula is C16H29N3O. The first-order chi connectivity index (χ1) is 9.70. The third kappa shape index (κ3) is 2.86. The van der Waals surface area contributed by atoms with Crippen LogP contribution < -0.4 is 5.73 Å². The van der Waals surface area contributed by atoms with Crippen molar-refractivity contribution in [1.29, 1.82) is 0 Å². The summed E-state index contributed by atoms with van der Waals surface area (Å²) in [5, 5.41) is 0. The number of nitrogens with two attached hydrogens (primary N) is 1. The minimum Gasteiger partial charge on any atom is -0.341 e. The van der Waals surface area contributed by atoms with Crippen LogP contribution in [-0.4, -0.2) is 53.5 Å². The van der Waals surface area contributed by atoms with E-state index in [1.165, 1.54) is 32.2 Å². The normalized spacial score (nSPS) is 32.8. The first-order valence-electron chi connectivity index (χ1n) is 8.50. The lowest BCUT2D eigenvalue weighted by Crippen LogP contribution is -2.57. The molecule has 0 aromatic rings. The summed E-state index contributed by atoms with van der Waals surface area (Å²) < 4.78 is 0. The van der Waals surface area contributed by atoms with Gasteiger partial charge >= 0.3 is 0 Å². The number of likely N-dealkylation sites (tertiary alicyclic amines) is 2. The maximum atomic E-state index is 12.4. The van der Waals surface area contributed by atoms with E-state index in [1.807, 2.05) is 0 Å². The van der Waals surface area contributed by atoms with Crippen molar-refractivity contribution in [2.75, 3.05) is 19.6 Å². The Labute approximate surface area is 122 Å². The molecule has 114 valence electrons. The number of fused-ring (bicyclic) bond motifs is 1. The topological polar surface area (TPSA) is 49.6 Å². The number of rotatable bonds is 4. The zero-order chi connectivity index (χ0) is 14.1. The van der Waals surface area contributed by atoms with Gasteiger partial charge in [0, 0.05) is 25.2 Å². The lowest BCUT2D eigenvalue weighted by Gasteiger charge is -2.48. The van der Waals surface area contributed by atoms with E-state index in [-0.39, 0.29) is 11.9 Å². The van der Waals surface area contributed by atoms with Crippen molar-refractivity contribution in [2.24, 2.45) is 11.7 Å². The molecule has 3 fully saturated rings. The van der Waals surface area contributed by atoms with Crippen LogP contribution in [0.15, 0.2) is 0 Å². The molecule has 2 saturated heterocycles. The summed E-state index contributed by atoms with van der Waals surface area (Å²) in [6.07, 6.45) is 8.35. The van der Waals surface area contributed by atoms with Gasteiger partial charge in [0.05, 0.1) is 6.04 Å². The molecule has 1 amide bonds. The van der Waals surface area contributed by atoms with E-state index in [4.69, 9.17) is 5.73 Å². The van der Waals surface area contributed by atoms with Crippen LogP contribution in [0.25, 0.3) is 0 Å². The number of amides is 1. The number of carbonyl (C=O) groups excluding carboxylic acids is 1. The molecule has 3 atom stereocenters. The highest BCUT2D eigenvalue weighted by Crippen LogP contribution is 2.38. The molecule has 3 rings (SSSR count). The minimum atomic E-state index is -0.278. The largest absolute Gasteiger partial charge is 0.341 e. The van der Waals surface area contributed by atoms with Crippen molar-refractivity contribution in [3.05, 3.63) is 0 Å². The molecule has 2 heterocycles. The molecule has 0 spiro atoms. The van der Waals surface area contributed by atoms with Gasteiger partial charge in [-0.25, -0.2) is 0 Å². The summed E-state index contributed by atoms with van der Waals surface area (Å²) in [4.78, 5) is 17.2. The zero-order valence-corrected chi connectivity index (χ0v) is 12.8. The van der Waals surface area contributed by atoms with Crippen LogP contribution in [-0.2, 0) is 4.79 Å². The Morgan fingerprint density at radius 3 is 2.75 bits per heavy atom. The second-order valence-corrected chi connectivity index (χ2v) is 6.91. The summed E-state index contributed by atoms with van der Waals surface area (Å²) in [5.74, 6) is 0.879. The summed E-state index contributed by atoms with van der Waals surface area (Å²) in [7, 11) is 0. The van der Waals surface area contributed by atoms with Crippen LogP contribution >= 0.6 is 0 Å². The third-order valence-corrected chi connectivity index (χ3v) is 5.36. The smallest absolute Gasteiger partial charge is 0.239 e. The lowest BCUT2D eigenvalue weighted by atomic mass is 9.83. The zero-order valence-electron chi connectivity index (χ0n) is 12.8. The fraction of sp³-hybridized carbons (Fsp3) is 0.938. The molecule has 20 heavy (non-hydrogen) atoms. The van der Waals surface area contributed by atoms with Gasteiger partial charge in [0.1, 0.15) is 0 Å². The fourth-order valence-electron chi connectivity index (χ4n) is 4.17. The average Bonchev–Trinajstić information content (AvgIpc) is 3.30. The summed E-state index contributed by atoms with van der Waals surface area (Å²) >= 11 is 0. The number of hydrogen-bond donors (Lipinski definition) is 1. The van der Waals surface area contributed by atoms with E-state index in [1.54, 1.807) is 0 Å². The quantitative estimate of drug-likeness (QED) is 0.850. The van der Waals surface area contributed by atoms with E-state index in [0.717, 1.165) is 44.4 Å². The van der Waals surface area contributed by atoms with Gasteiger partial charge in [0.15, 0.2) is 0 Å². The van der Waals surface area contributed by atoms with E-state index in [0.29, 0.717) is 5.92 Å². The Bertz CT molecular complexity index is 356. The maximum absolute atomic E-state index is 12.4. The molecule has 1 saturated carbocycles. The first-order valence-corrected chi connectivity index (χ1v) is 8.50. The predicted octanol–water partition coefficient (Wildman–Crippen LogP) is 1.59. The molecule has 0 radical (unpaired) electrons. The van der Waals surface area contributed by atoms with Gasteiger partial charge in [-0.15, -0.1) is 0 Å². The lowest BCUT2D eigenvalue weighted by molar-refractivity contribution is -0.136. The van der Waals surface area contributed by atoms with Gasteiger partial charge in [-0.05, 0) is 51.0 Å². The monoisotopic (exact) mass is 279 g/mol.